The second-order valence-corrected chi connectivity index (χ2v) is 5.78. The van der Waals surface area contributed by atoms with Crippen molar-refractivity contribution in [3.63, 3.8) is 0 Å². The smallest absolute Gasteiger partial charge is 0.161 e. The second-order valence-electron chi connectivity index (χ2n) is 5.78. The van der Waals surface area contributed by atoms with E-state index in [9.17, 15) is 8.78 Å². The minimum atomic E-state index is -0.428. The van der Waals surface area contributed by atoms with Gasteiger partial charge in [-0.3, -0.25) is 0 Å². The zero-order valence-corrected chi connectivity index (χ0v) is 13.9. The van der Waals surface area contributed by atoms with Gasteiger partial charge >= 0.3 is 0 Å². The Morgan fingerprint density at radius 2 is 1.71 bits per heavy atom. The van der Waals surface area contributed by atoms with Gasteiger partial charge in [0.25, 0.3) is 0 Å². The molecule has 1 heterocycles. The topological polar surface area (TPSA) is 35.1 Å². The number of halogens is 2. The molecule has 0 unspecified atom stereocenters. The summed E-state index contributed by atoms with van der Waals surface area (Å²) >= 11 is 0. The van der Waals surface area contributed by atoms with Crippen LogP contribution in [0.1, 0.15) is 36.6 Å². The highest BCUT2D eigenvalue weighted by atomic mass is 19.1. The molecule has 3 nitrogen and oxygen atoms in total. The molecule has 1 atom stereocenters. The number of ether oxygens (including phenoxy) is 2. The lowest BCUT2D eigenvalue weighted by atomic mass is 9.89. The van der Waals surface area contributed by atoms with Crippen LogP contribution in [0.25, 0.3) is 0 Å². The van der Waals surface area contributed by atoms with Gasteiger partial charge in [0.15, 0.2) is 11.5 Å². The fourth-order valence-electron chi connectivity index (χ4n) is 3.24. The van der Waals surface area contributed by atoms with E-state index in [0.29, 0.717) is 30.3 Å². The predicted molar refractivity (Wildman–Crippen MR) is 87.5 cm³/mol. The number of quaternary nitrogens is 1. The molecule has 2 aromatic rings. The molecule has 0 radical (unpaired) electrons. The third kappa shape index (κ3) is 3.22. The van der Waals surface area contributed by atoms with Crippen LogP contribution in [0, 0.1) is 11.6 Å². The fraction of sp³-hybridized carbons (Fsp3) is 0.368. The zero-order chi connectivity index (χ0) is 17.1. The van der Waals surface area contributed by atoms with Crippen molar-refractivity contribution < 1.29 is 23.6 Å². The van der Waals surface area contributed by atoms with Crippen LogP contribution < -0.4 is 14.8 Å². The van der Waals surface area contributed by atoms with E-state index in [1.165, 1.54) is 12.1 Å². The van der Waals surface area contributed by atoms with Gasteiger partial charge in [0.05, 0.1) is 25.3 Å². The summed E-state index contributed by atoms with van der Waals surface area (Å²) in [6.45, 7) is 5.71. The summed E-state index contributed by atoms with van der Waals surface area (Å²) in [4.78, 5) is 0. The van der Waals surface area contributed by atoms with Crippen LogP contribution in [0.4, 0.5) is 8.78 Å². The van der Waals surface area contributed by atoms with Crippen molar-refractivity contribution in [1.82, 2.24) is 0 Å². The van der Waals surface area contributed by atoms with Crippen LogP contribution in [0.15, 0.2) is 30.3 Å². The largest absolute Gasteiger partial charge is 0.490 e. The van der Waals surface area contributed by atoms with Crippen LogP contribution in [0.2, 0.25) is 0 Å². The van der Waals surface area contributed by atoms with Gasteiger partial charge in [0.1, 0.15) is 17.7 Å². The van der Waals surface area contributed by atoms with E-state index >= 15 is 0 Å². The summed E-state index contributed by atoms with van der Waals surface area (Å²) in [5.41, 5.74) is 2.42. The molecule has 0 fully saturated rings. The highest BCUT2D eigenvalue weighted by Gasteiger charge is 2.29. The van der Waals surface area contributed by atoms with Gasteiger partial charge in [-0.25, -0.2) is 8.78 Å². The molecule has 1 aliphatic heterocycles. The molecule has 2 aromatic carbocycles. The molecule has 128 valence electrons. The number of hydrogen-bond donors (Lipinski definition) is 1. The molecule has 0 amide bonds. The van der Waals surface area contributed by atoms with E-state index < -0.39 is 11.6 Å². The van der Waals surface area contributed by atoms with Crippen molar-refractivity contribution >= 4 is 0 Å². The molecule has 0 saturated carbocycles. The Labute approximate surface area is 140 Å². The lowest BCUT2D eigenvalue weighted by molar-refractivity contribution is -0.690. The Morgan fingerprint density at radius 3 is 2.42 bits per heavy atom. The maximum Gasteiger partial charge on any atom is 0.161 e. The molecule has 2 N–H and O–H groups in total. The third-order valence-electron chi connectivity index (χ3n) is 4.25. The van der Waals surface area contributed by atoms with Crippen LogP contribution in [-0.4, -0.2) is 19.8 Å². The Bertz CT molecular complexity index is 734. The average Bonchev–Trinajstić information content (AvgIpc) is 2.57. The number of hydrogen-bond acceptors (Lipinski definition) is 2. The highest BCUT2D eigenvalue weighted by molar-refractivity contribution is 5.50. The molecule has 0 aliphatic carbocycles. The summed E-state index contributed by atoms with van der Waals surface area (Å²) in [6, 6.07) is 7.22. The van der Waals surface area contributed by atoms with Gasteiger partial charge in [-0.2, -0.15) is 0 Å². The maximum atomic E-state index is 14.3. The number of fused-ring (bicyclic) bond motifs is 1. The van der Waals surface area contributed by atoms with Gasteiger partial charge in [-0.15, -0.1) is 0 Å². The molecule has 3 rings (SSSR count). The average molecular weight is 334 g/mol. The first-order chi connectivity index (χ1) is 11.6. The molecular weight excluding hydrogens is 312 g/mol. The minimum Gasteiger partial charge on any atom is -0.490 e. The fourth-order valence-corrected chi connectivity index (χ4v) is 3.24. The van der Waals surface area contributed by atoms with Crippen LogP contribution in [0.5, 0.6) is 11.5 Å². The number of nitrogens with two attached hydrogens (primary N) is 1. The predicted octanol–water partition coefficient (Wildman–Crippen LogP) is 2.97. The molecule has 0 bridgehead atoms. The van der Waals surface area contributed by atoms with E-state index in [1.807, 2.05) is 31.3 Å². The van der Waals surface area contributed by atoms with E-state index in [1.54, 1.807) is 0 Å². The third-order valence-corrected chi connectivity index (χ3v) is 4.25. The van der Waals surface area contributed by atoms with Crippen LogP contribution >= 0.6 is 0 Å². The van der Waals surface area contributed by atoms with E-state index in [0.717, 1.165) is 30.2 Å². The first-order valence-electron chi connectivity index (χ1n) is 8.34. The molecule has 0 spiro atoms. The van der Waals surface area contributed by atoms with Crippen LogP contribution in [0.3, 0.4) is 0 Å². The van der Waals surface area contributed by atoms with E-state index in [2.05, 4.69) is 0 Å². The summed E-state index contributed by atoms with van der Waals surface area (Å²) in [6.07, 6.45) is 0.856. The summed E-state index contributed by atoms with van der Waals surface area (Å²) in [5.74, 6) is 0.536. The van der Waals surface area contributed by atoms with Gasteiger partial charge in [0.2, 0.25) is 0 Å². The molecule has 24 heavy (non-hydrogen) atoms. The highest BCUT2D eigenvalue weighted by Crippen LogP contribution is 2.36. The Kier molecular flexibility index (Phi) is 5.00. The van der Waals surface area contributed by atoms with Gasteiger partial charge in [0, 0.05) is 12.0 Å². The van der Waals surface area contributed by atoms with Gasteiger partial charge < -0.3 is 14.8 Å². The van der Waals surface area contributed by atoms with Gasteiger partial charge in [-0.1, -0.05) is 0 Å². The normalized spacial score (nSPS) is 16.6. The quantitative estimate of drug-likeness (QED) is 0.912. The molecular formula is C19H22F2NO2+. The molecule has 0 aromatic heterocycles. The SMILES string of the molecule is CCOc1cc2c(cc1OCC)[C@@H](c1cc(F)ccc1F)[NH2+]CC2. The van der Waals surface area contributed by atoms with E-state index in [4.69, 9.17) is 9.47 Å². The molecule has 0 saturated heterocycles. The van der Waals surface area contributed by atoms with Crippen molar-refractivity contribution in [3.05, 3.63) is 58.7 Å². The Balaban J connectivity index is 2.09. The lowest BCUT2D eigenvalue weighted by Crippen LogP contribution is -2.87. The van der Waals surface area contributed by atoms with Crippen molar-refractivity contribution in [2.45, 2.75) is 26.3 Å². The standard InChI is InChI=1S/C19H21F2NO2/c1-3-23-17-9-12-7-8-22-19(14(12)11-18(17)24-4-2)15-10-13(20)5-6-16(15)21/h5-6,9-11,19,22H,3-4,7-8H2,1-2H3/p+1/t19-/m0/s1. The monoisotopic (exact) mass is 334 g/mol. The maximum absolute atomic E-state index is 14.3. The van der Waals surface area contributed by atoms with Crippen molar-refractivity contribution in [2.75, 3.05) is 19.8 Å². The second kappa shape index (κ2) is 7.18. The lowest BCUT2D eigenvalue weighted by Gasteiger charge is -2.26. The molecule has 1 aliphatic rings. The number of rotatable bonds is 5. The van der Waals surface area contributed by atoms with Crippen molar-refractivity contribution in [2.24, 2.45) is 0 Å². The van der Waals surface area contributed by atoms with E-state index in [-0.39, 0.29) is 6.04 Å². The molecule has 5 heteroatoms. The zero-order valence-electron chi connectivity index (χ0n) is 13.9. The summed E-state index contributed by atoms with van der Waals surface area (Å²) in [7, 11) is 0. The Hall–Kier alpha value is -2.14. The summed E-state index contributed by atoms with van der Waals surface area (Å²) < 4.78 is 39.2. The van der Waals surface area contributed by atoms with Gasteiger partial charge in [-0.05, 0) is 49.7 Å². The van der Waals surface area contributed by atoms with Crippen molar-refractivity contribution in [3.8, 4) is 11.5 Å². The minimum absolute atomic E-state index is 0.278. The van der Waals surface area contributed by atoms with Crippen molar-refractivity contribution in [1.29, 1.82) is 0 Å². The first-order valence-corrected chi connectivity index (χ1v) is 8.34. The van der Waals surface area contributed by atoms with Crippen LogP contribution in [-0.2, 0) is 6.42 Å². The first kappa shape index (κ1) is 16.7. The summed E-state index contributed by atoms with van der Waals surface area (Å²) in [5, 5.41) is 2.04. The number of benzene rings is 2. The Morgan fingerprint density at radius 1 is 1.00 bits per heavy atom.